The molecule has 4 saturated heterocycles. The summed E-state index contributed by atoms with van der Waals surface area (Å²) in [5, 5.41) is 0. The van der Waals surface area contributed by atoms with Gasteiger partial charge in [0.05, 0.1) is 6.10 Å². The van der Waals surface area contributed by atoms with Gasteiger partial charge in [-0.25, -0.2) is 13.6 Å². The van der Waals surface area contributed by atoms with Crippen molar-refractivity contribution in [2.24, 2.45) is 0 Å². The van der Waals surface area contributed by atoms with Crippen LogP contribution < -0.4 is 0 Å². The summed E-state index contributed by atoms with van der Waals surface area (Å²) in [4.78, 5) is 15.7. The average Bonchev–Trinajstić information content (AvgIpc) is 3.40. The Morgan fingerprint density at radius 3 is 2.00 bits per heavy atom. The number of phosphoric acid groups is 1. The van der Waals surface area contributed by atoms with Crippen LogP contribution in [0.3, 0.4) is 0 Å². The molecule has 0 spiro atoms. The van der Waals surface area contributed by atoms with Crippen LogP contribution in [0, 0.1) is 0 Å². The van der Waals surface area contributed by atoms with Crippen LogP contribution in [0.5, 0.6) is 0 Å². The van der Waals surface area contributed by atoms with Gasteiger partial charge >= 0.3 is 7.82 Å². The maximum Gasteiger partial charge on any atom is 0.481 e. The van der Waals surface area contributed by atoms with Gasteiger partial charge < -0.3 is 9.64 Å². The molecule has 4 heterocycles. The van der Waals surface area contributed by atoms with Crippen molar-refractivity contribution in [2.75, 3.05) is 19.6 Å². The maximum atomic E-state index is 13.5. The highest BCUT2D eigenvalue weighted by Crippen LogP contribution is 2.74. The smallest absolute Gasteiger partial charge is 0.365 e. The fraction of sp³-hybridized carbons (Fsp3) is 0.406. The van der Waals surface area contributed by atoms with Crippen molar-refractivity contribution in [1.29, 1.82) is 0 Å². The zero-order chi connectivity index (χ0) is 28.0. The molecule has 40 heavy (non-hydrogen) atoms. The number of hydrogen-bond donors (Lipinski definition) is 0. The summed E-state index contributed by atoms with van der Waals surface area (Å²) in [6.45, 7) is 8.27. The molecular weight excluding hydrogens is 525 g/mol. The molecule has 4 fully saturated rings. The highest BCUT2D eigenvalue weighted by atomic mass is 31.2. The second-order valence-electron chi connectivity index (χ2n) is 11.9. The number of ketones is 1. The summed E-state index contributed by atoms with van der Waals surface area (Å²) >= 11 is 0. The van der Waals surface area contributed by atoms with Crippen molar-refractivity contribution in [3.05, 3.63) is 107 Å². The second kappa shape index (κ2) is 10.6. The Kier molecular flexibility index (Phi) is 7.32. The van der Waals surface area contributed by atoms with Crippen molar-refractivity contribution in [1.82, 2.24) is 4.90 Å². The lowest BCUT2D eigenvalue weighted by atomic mass is 9.86. The van der Waals surface area contributed by atoms with Crippen molar-refractivity contribution >= 4 is 13.6 Å². The fourth-order valence-corrected chi connectivity index (χ4v) is 7.37. The van der Waals surface area contributed by atoms with Crippen LogP contribution in [-0.2, 0) is 28.3 Å². The van der Waals surface area contributed by atoms with Crippen molar-refractivity contribution in [3.8, 4) is 0 Å². The summed E-state index contributed by atoms with van der Waals surface area (Å²) in [6, 6.07) is 28.0. The molecule has 7 nitrogen and oxygen atoms in total. The average molecular weight is 562 g/mol. The van der Waals surface area contributed by atoms with E-state index >= 15 is 0 Å². The Morgan fingerprint density at radius 1 is 0.925 bits per heavy atom. The predicted molar refractivity (Wildman–Crippen MR) is 152 cm³/mol. The SMILES string of the molecule is CC(C)(C)c1ccc(C(=O)C23OP(=O)(OC2CN2CCC(OC(c4ccccc4)c4ccccc4)CC2)O3)cc1. The van der Waals surface area contributed by atoms with Gasteiger partial charge in [-0.05, 0) is 34.9 Å². The third-order valence-electron chi connectivity index (χ3n) is 8.00. The Bertz CT molecular complexity index is 1330. The molecule has 0 aliphatic carbocycles. The van der Waals surface area contributed by atoms with Gasteiger partial charge in [0.15, 0.2) is 0 Å². The Hall–Kier alpha value is -2.64. The summed E-state index contributed by atoms with van der Waals surface area (Å²) in [5.41, 5.74) is 3.80. The number of hydrogen-bond acceptors (Lipinski definition) is 7. The molecule has 2 bridgehead atoms. The van der Waals surface area contributed by atoms with Gasteiger partial charge in [0.1, 0.15) is 12.2 Å². The topological polar surface area (TPSA) is 74.3 Å². The minimum atomic E-state index is -3.67. The zero-order valence-electron chi connectivity index (χ0n) is 23.2. The number of Topliss-reactive ketones (excluding diaryl/α,β-unsaturated/α-hetero) is 1. The molecule has 0 saturated carbocycles. The number of piperidine rings is 1. The van der Waals surface area contributed by atoms with Crippen LogP contribution in [0.2, 0.25) is 0 Å². The number of ether oxygens (including phenoxy) is 1. The third-order valence-corrected chi connectivity index (χ3v) is 9.50. The number of rotatable bonds is 8. The quantitative estimate of drug-likeness (QED) is 0.224. The summed E-state index contributed by atoms with van der Waals surface area (Å²) in [5.74, 6) is -2.01. The summed E-state index contributed by atoms with van der Waals surface area (Å²) < 4.78 is 36.1. The van der Waals surface area contributed by atoms with Crippen LogP contribution >= 0.6 is 7.82 Å². The van der Waals surface area contributed by atoms with Crippen molar-refractivity contribution in [3.63, 3.8) is 0 Å². The van der Waals surface area contributed by atoms with E-state index in [1.54, 1.807) is 12.1 Å². The number of fused-ring (bicyclic) bond motifs is 1. The Balaban J connectivity index is 1.10. The maximum absolute atomic E-state index is 13.5. The summed E-state index contributed by atoms with van der Waals surface area (Å²) in [7, 11) is -3.67. The molecular formula is C32H36NO6P. The number of phosphoric ester groups is 1. The Labute approximate surface area is 236 Å². The number of benzene rings is 3. The van der Waals surface area contributed by atoms with E-state index in [4.69, 9.17) is 18.3 Å². The molecule has 0 amide bonds. The molecule has 4 aliphatic rings. The highest BCUT2D eigenvalue weighted by Gasteiger charge is 2.75. The molecule has 210 valence electrons. The molecule has 8 heteroatoms. The first-order valence-corrected chi connectivity index (χ1v) is 15.4. The minimum absolute atomic E-state index is 0.0317. The Morgan fingerprint density at radius 2 is 1.48 bits per heavy atom. The van der Waals surface area contributed by atoms with Gasteiger partial charge in [0.25, 0.3) is 5.79 Å². The molecule has 0 radical (unpaired) electrons. The van der Waals surface area contributed by atoms with Gasteiger partial charge in [0, 0.05) is 25.2 Å². The van der Waals surface area contributed by atoms with E-state index in [0.29, 0.717) is 12.1 Å². The first kappa shape index (κ1) is 27.5. The normalized spacial score (nSPS) is 27.1. The van der Waals surface area contributed by atoms with Crippen molar-refractivity contribution in [2.45, 2.75) is 63.1 Å². The minimum Gasteiger partial charge on any atom is -0.365 e. The van der Waals surface area contributed by atoms with E-state index in [2.05, 4.69) is 49.9 Å². The van der Waals surface area contributed by atoms with E-state index in [-0.39, 0.29) is 23.4 Å². The van der Waals surface area contributed by atoms with Crippen LogP contribution in [0.1, 0.15) is 66.8 Å². The van der Waals surface area contributed by atoms with Crippen LogP contribution in [0.15, 0.2) is 84.9 Å². The lowest BCUT2D eigenvalue weighted by molar-refractivity contribution is -0.148. The highest BCUT2D eigenvalue weighted by molar-refractivity contribution is 7.50. The van der Waals surface area contributed by atoms with E-state index in [1.165, 1.54) is 0 Å². The monoisotopic (exact) mass is 561 g/mol. The lowest BCUT2D eigenvalue weighted by Crippen LogP contribution is -2.55. The van der Waals surface area contributed by atoms with Crippen LogP contribution in [0.25, 0.3) is 0 Å². The van der Waals surface area contributed by atoms with E-state index in [0.717, 1.165) is 42.6 Å². The lowest BCUT2D eigenvalue weighted by Gasteiger charge is -2.38. The van der Waals surface area contributed by atoms with E-state index < -0.39 is 19.7 Å². The van der Waals surface area contributed by atoms with Gasteiger partial charge in [0.2, 0.25) is 5.78 Å². The largest absolute Gasteiger partial charge is 0.481 e. The number of carbonyl (C=O) groups excluding carboxylic acids is 1. The van der Waals surface area contributed by atoms with Gasteiger partial charge in [-0.15, -0.1) is 0 Å². The van der Waals surface area contributed by atoms with Gasteiger partial charge in [-0.1, -0.05) is 106 Å². The zero-order valence-corrected chi connectivity index (χ0v) is 24.1. The standard InChI is InChI=1S/C32H36NO6P/c1-31(2,3)26-16-14-25(15-17-26)30(34)32-28(37-40(35,38-32)39-32)22-33-20-18-27(19-21-33)36-29(23-10-6-4-7-11-23)24-12-8-5-9-13-24/h4-17,27-29H,18-22H2,1-3H3. The predicted octanol–water partition coefficient (Wildman–Crippen LogP) is 6.69. The molecule has 4 aliphatic heterocycles. The van der Waals surface area contributed by atoms with E-state index in [9.17, 15) is 9.36 Å². The summed E-state index contributed by atoms with van der Waals surface area (Å²) in [6.07, 6.45) is 0.853. The molecule has 0 N–H and O–H groups in total. The van der Waals surface area contributed by atoms with E-state index in [1.807, 2.05) is 48.5 Å². The third kappa shape index (κ3) is 5.35. The van der Waals surface area contributed by atoms with Crippen LogP contribution in [0.4, 0.5) is 0 Å². The second-order valence-corrected chi connectivity index (χ2v) is 13.4. The van der Waals surface area contributed by atoms with Crippen molar-refractivity contribution < 1.29 is 27.7 Å². The molecule has 0 aromatic heterocycles. The molecule has 7 rings (SSSR count). The van der Waals surface area contributed by atoms with Gasteiger partial charge in [-0.3, -0.25) is 9.32 Å². The molecule has 1 atom stereocenters. The molecule has 3 aromatic rings. The number of nitrogens with zero attached hydrogens (tertiary/aromatic N) is 1. The van der Waals surface area contributed by atoms with Crippen LogP contribution in [-0.4, -0.2) is 48.3 Å². The first-order valence-electron chi connectivity index (χ1n) is 14.0. The number of likely N-dealkylation sites (tertiary alicyclic amines) is 1. The molecule has 1 unspecified atom stereocenters. The number of carbonyl (C=O) groups is 1. The van der Waals surface area contributed by atoms with Gasteiger partial charge in [-0.2, -0.15) is 0 Å². The first-order chi connectivity index (χ1) is 19.2. The molecule has 3 aromatic carbocycles. The fourth-order valence-electron chi connectivity index (χ4n) is 5.69.